The van der Waals surface area contributed by atoms with Crippen LogP contribution in [0.25, 0.3) is 0 Å². The minimum absolute atomic E-state index is 0.0418. The van der Waals surface area contributed by atoms with Gasteiger partial charge in [0.2, 0.25) is 10.0 Å². The molecule has 0 aliphatic rings. The first-order valence-corrected chi connectivity index (χ1v) is 9.32. The highest BCUT2D eigenvalue weighted by atomic mass is 32.2. The molecule has 1 aromatic carbocycles. The highest BCUT2D eigenvalue weighted by Crippen LogP contribution is 2.20. The molecule has 9 heteroatoms. The van der Waals surface area contributed by atoms with Gasteiger partial charge in [-0.25, -0.2) is 13.2 Å². The third-order valence-electron chi connectivity index (χ3n) is 3.83. The van der Waals surface area contributed by atoms with Crippen molar-refractivity contribution < 1.29 is 28.2 Å². The fraction of sp³-hybridized carbons (Fsp3) is 0.500. The third kappa shape index (κ3) is 4.77. The molecule has 25 heavy (non-hydrogen) atoms. The number of hydrogen-bond donors (Lipinski definition) is 3. The Morgan fingerprint density at radius 2 is 1.80 bits per heavy atom. The number of nitrogens with zero attached hydrogens (tertiary/aromatic N) is 1. The van der Waals surface area contributed by atoms with Gasteiger partial charge in [-0.3, -0.25) is 4.79 Å². The van der Waals surface area contributed by atoms with Crippen molar-refractivity contribution in [2.45, 2.75) is 44.7 Å². The lowest BCUT2D eigenvalue weighted by Crippen LogP contribution is -2.47. The van der Waals surface area contributed by atoms with Crippen LogP contribution in [0.5, 0.6) is 0 Å². The number of rotatable bonds is 8. The Labute approximate surface area is 147 Å². The molecule has 8 nitrogen and oxygen atoms in total. The molecule has 0 saturated heterocycles. The Bertz CT molecular complexity index is 741. The van der Waals surface area contributed by atoms with Gasteiger partial charge in [-0.05, 0) is 31.5 Å². The number of benzene rings is 1. The second-order valence-electron chi connectivity index (χ2n) is 5.60. The molecule has 140 valence electrons. The Morgan fingerprint density at radius 3 is 2.24 bits per heavy atom. The average Bonchev–Trinajstić information content (AvgIpc) is 2.52. The molecular formula is C16H24N2O6S. The predicted octanol–water partition coefficient (Wildman–Crippen LogP) is 0.589. The van der Waals surface area contributed by atoms with E-state index in [9.17, 15) is 23.1 Å². The molecule has 0 fully saturated rings. The number of nitrogens with one attached hydrogen (secondary N) is 1. The van der Waals surface area contributed by atoms with E-state index in [1.165, 1.54) is 29.4 Å². The van der Waals surface area contributed by atoms with Crippen molar-refractivity contribution in [2.75, 3.05) is 13.1 Å². The second-order valence-corrected chi connectivity index (χ2v) is 7.53. The van der Waals surface area contributed by atoms with E-state index >= 15 is 0 Å². The summed E-state index contributed by atoms with van der Waals surface area (Å²) in [5.74, 6) is -2.14. The van der Waals surface area contributed by atoms with Crippen molar-refractivity contribution in [3.8, 4) is 0 Å². The van der Waals surface area contributed by atoms with Crippen molar-refractivity contribution in [3.05, 3.63) is 29.3 Å². The molecule has 0 aliphatic carbocycles. The van der Waals surface area contributed by atoms with Crippen LogP contribution in [0.15, 0.2) is 23.1 Å². The summed E-state index contributed by atoms with van der Waals surface area (Å²) in [6.45, 7) is 6.86. The maximum atomic E-state index is 12.6. The number of carbonyl (C=O) groups is 2. The summed E-state index contributed by atoms with van der Waals surface area (Å²) < 4.78 is 26.4. The molecule has 0 bridgehead atoms. The molecule has 1 amide bonds. The quantitative estimate of drug-likeness (QED) is 0.613. The normalized spacial score (nSPS) is 14.2. The number of sulfonamides is 1. The third-order valence-corrected chi connectivity index (χ3v) is 5.88. The van der Waals surface area contributed by atoms with Crippen LogP contribution in [-0.4, -0.2) is 60.0 Å². The van der Waals surface area contributed by atoms with E-state index in [4.69, 9.17) is 5.11 Å². The van der Waals surface area contributed by atoms with E-state index in [-0.39, 0.29) is 23.5 Å². The van der Waals surface area contributed by atoms with Gasteiger partial charge in [-0.2, -0.15) is 4.31 Å². The van der Waals surface area contributed by atoms with Crippen molar-refractivity contribution >= 4 is 21.9 Å². The fourth-order valence-electron chi connectivity index (χ4n) is 2.33. The first kappa shape index (κ1) is 21.1. The number of aryl methyl sites for hydroxylation is 1. The highest BCUT2D eigenvalue weighted by molar-refractivity contribution is 7.89. The number of hydrogen-bond acceptors (Lipinski definition) is 5. The largest absolute Gasteiger partial charge is 0.480 e. The van der Waals surface area contributed by atoms with Crippen LogP contribution in [0.3, 0.4) is 0 Å². The number of aliphatic carboxylic acids is 1. The summed E-state index contributed by atoms with van der Waals surface area (Å²) >= 11 is 0. The van der Waals surface area contributed by atoms with Crippen LogP contribution in [0.2, 0.25) is 0 Å². The monoisotopic (exact) mass is 372 g/mol. The van der Waals surface area contributed by atoms with Gasteiger partial charge < -0.3 is 15.5 Å². The summed E-state index contributed by atoms with van der Waals surface area (Å²) in [4.78, 5) is 23.4. The fourth-order valence-corrected chi connectivity index (χ4v) is 3.81. The smallest absolute Gasteiger partial charge is 0.328 e. The SMILES string of the molecule is CCN(CC)S(=O)(=O)c1ccc(C)c(C(=O)NC(C(=O)O)C(C)O)c1. The second kappa shape index (κ2) is 8.41. The Kier molecular flexibility index (Phi) is 7.09. The lowest BCUT2D eigenvalue weighted by Gasteiger charge is -2.20. The molecule has 1 aromatic rings. The van der Waals surface area contributed by atoms with Crippen molar-refractivity contribution in [1.82, 2.24) is 9.62 Å². The standard InChI is InChI=1S/C16H24N2O6S/c1-5-18(6-2)25(23,24)12-8-7-10(3)13(9-12)15(20)17-14(11(4)19)16(21)22/h7-9,11,14,19H,5-6H2,1-4H3,(H,17,20)(H,21,22). The van der Waals surface area contributed by atoms with Gasteiger partial charge in [0.1, 0.15) is 0 Å². The molecule has 3 N–H and O–H groups in total. The van der Waals surface area contributed by atoms with E-state index in [2.05, 4.69) is 5.32 Å². The summed E-state index contributed by atoms with van der Waals surface area (Å²) in [6, 6.07) is 2.63. The topological polar surface area (TPSA) is 124 Å². The summed E-state index contributed by atoms with van der Waals surface area (Å²) in [5.41, 5.74) is 0.533. The minimum Gasteiger partial charge on any atom is -0.480 e. The number of amides is 1. The van der Waals surface area contributed by atoms with Crippen molar-refractivity contribution in [2.24, 2.45) is 0 Å². The van der Waals surface area contributed by atoms with Crippen molar-refractivity contribution in [1.29, 1.82) is 0 Å². The van der Waals surface area contributed by atoms with Crippen LogP contribution in [0.4, 0.5) is 0 Å². The van der Waals surface area contributed by atoms with Crippen LogP contribution in [-0.2, 0) is 14.8 Å². The number of carboxylic acids is 1. The average molecular weight is 372 g/mol. The zero-order valence-electron chi connectivity index (χ0n) is 14.7. The van der Waals surface area contributed by atoms with Gasteiger partial charge in [0.15, 0.2) is 6.04 Å². The van der Waals surface area contributed by atoms with Gasteiger partial charge in [0.25, 0.3) is 5.91 Å². The summed E-state index contributed by atoms with van der Waals surface area (Å²) in [7, 11) is -3.75. The molecule has 0 aromatic heterocycles. The molecule has 0 spiro atoms. The zero-order valence-corrected chi connectivity index (χ0v) is 15.5. The summed E-state index contributed by atoms with van der Waals surface area (Å²) in [5, 5.41) is 20.7. The van der Waals surface area contributed by atoms with E-state index in [0.717, 1.165) is 0 Å². The molecule has 0 radical (unpaired) electrons. The van der Waals surface area contributed by atoms with Gasteiger partial charge in [0, 0.05) is 18.7 Å². The van der Waals surface area contributed by atoms with Gasteiger partial charge in [0.05, 0.1) is 11.0 Å². The van der Waals surface area contributed by atoms with Crippen LogP contribution < -0.4 is 5.32 Å². The van der Waals surface area contributed by atoms with Gasteiger partial charge in [-0.15, -0.1) is 0 Å². The van der Waals surface area contributed by atoms with Gasteiger partial charge in [-0.1, -0.05) is 19.9 Å². The first-order valence-electron chi connectivity index (χ1n) is 7.88. The maximum absolute atomic E-state index is 12.6. The Balaban J connectivity index is 3.26. The maximum Gasteiger partial charge on any atom is 0.328 e. The minimum atomic E-state index is -3.75. The van der Waals surface area contributed by atoms with Crippen LogP contribution >= 0.6 is 0 Å². The first-order chi connectivity index (χ1) is 11.6. The molecular weight excluding hydrogens is 348 g/mol. The van der Waals surface area contributed by atoms with Gasteiger partial charge >= 0.3 is 5.97 Å². The predicted molar refractivity (Wildman–Crippen MR) is 91.9 cm³/mol. The molecule has 0 heterocycles. The molecule has 2 unspecified atom stereocenters. The number of carboxylic acid groups (broad SMARTS) is 1. The lowest BCUT2D eigenvalue weighted by atomic mass is 10.1. The number of aliphatic hydroxyl groups is 1. The zero-order chi connectivity index (χ0) is 19.4. The number of carbonyl (C=O) groups excluding carboxylic acids is 1. The highest BCUT2D eigenvalue weighted by Gasteiger charge is 2.27. The molecule has 2 atom stereocenters. The van der Waals surface area contributed by atoms with Crippen LogP contribution in [0, 0.1) is 6.92 Å². The molecule has 0 aliphatic heterocycles. The molecule has 0 saturated carbocycles. The Morgan fingerprint density at radius 1 is 1.24 bits per heavy atom. The van der Waals surface area contributed by atoms with E-state index in [1.807, 2.05) is 0 Å². The van der Waals surface area contributed by atoms with Crippen molar-refractivity contribution in [3.63, 3.8) is 0 Å². The van der Waals surface area contributed by atoms with E-state index in [0.29, 0.717) is 5.56 Å². The summed E-state index contributed by atoms with van der Waals surface area (Å²) in [6.07, 6.45) is -1.30. The van der Waals surface area contributed by atoms with E-state index in [1.54, 1.807) is 20.8 Å². The Hall–Kier alpha value is -1.97. The van der Waals surface area contributed by atoms with E-state index < -0.39 is 34.0 Å². The molecule has 1 rings (SSSR count). The number of aliphatic hydroxyl groups excluding tert-OH is 1. The lowest BCUT2D eigenvalue weighted by molar-refractivity contribution is -0.141. The van der Waals surface area contributed by atoms with Crippen LogP contribution in [0.1, 0.15) is 36.7 Å².